The summed E-state index contributed by atoms with van der Waals surface area (Å²) in [6.45, 7) is 2.51. The Morgan fingerprint density at radius 2 is 1.64 bits per heavy atom. The highest BCUT2D eigenvalue weighted by atomic mass is 16.5. The normalized spacial score (nSPS) is 14.4. The lowest BCUT2D eigenvalue weighted by atomic mass is 10.1. The SMILES string of the molecule is COc1ccccc1N1CCN(C(=O)c2cn(C)c3ccccc3c2=O)CC1. The number of fused-ring (bicyclic) bond motifs is 1. The van der Waals surface area contributed by atoms with Gasteiger partial charge in [-0.15, -0.1) is 0 Å². The number of carbonyl (C=O) groups excluding carboxylic acids is 1. The van der Waals surface area contributed by atoms with Crippen molar-refractivity contribution in [3.63, 3.8) is 0 Å². The molecule has 1 saturated heterocycles. The van der Waals surface area contributed by atoms with Crippen LogP contribution in [0.2, 0.25) is 0 Å². The molecule has 2 heterocycles. The summed E-state index contributed by atoms with van der Waals surface area (Å²) in [6, 6.07) is 15.3. The molecule has 4 rings (SSSR count). The fraction of sp³-hybridized carbons (Fsp3) is 0.273. The van der Waals surface area contributed by atoms with E-state index in [-0.39, 0.29) is 16.9 Å². The minimum Gasteiger partial charge on any atom is -0.495 e. The summed E-state index contributed by atoms with van der Waals surface area (Å²) < 4.78 is 7.29. The quantitative estimate of drug-likeness (QED) is 0.704. The van der Waals surface area contributed by atoms with Crippen LogP contribution in [0.25, 0.3) is 10.9 Å². The van der Waals surface area contributed by atoms with E-state index in [2.05, 4.69) is 4.90 Å². The van der Waals surface area contributed by atoms with Gasteiger partial charge in [-0.25, -0.2) is 0 Å². The van der Waals surface area contributed by atoms with Crippen LogP contribution in [-0.2, 0) is 7.05 Å². The lowest BCUT2D eigenvalue weighted by molar-refractivity contribution is 0.0745. The smallest absolute Gasteiger partial charge is 0.259 e. The van der Waals surface area contributed by atoms with Crippen molar-refractivity contribution in [3.05, 3.63) is 70.5 Å². The van der Waals surface area contributed by atoms with Crippen molar-refractivity contribution in [2.24, 2.45) is 7.05 Å². The second kappa shape index (κ2) is 7.38. The standard InChI is InChI=1S/C22H23N3O3/c1-23-15-17(21(26)16-7-3-4-8-18(16)23)22(27)25-13-11-24(12-14-25)19-9-5-6-10-20(19)28-2/h3-10,15H,11-14H2,1-2H3. The number of carbonyl (C=O) groups is 1. The Labute approximate surface area is 163 Å². The summed E-state index contributed by atoms with van der Waals surface area (Å²) in [5.74, 6) is 0.622. The number of piperazine rings is 1. The van der Waals surface area contributed by atoms with Crippen molar-refractivity contribution in [2.75, 3.05) is 38.2 Å². The van der Waals surface area contributed by atoms with E-state index in [1.165, 1.54) is 0 Å². The highest BCUT2D eigenvalue weighted by molar-refractivity contribution is 5.97. The Hall–Kier alpha value is -3.28. The molecule has 28 heavy (non-hydrogen) atoms. The topological polar surface area (TPSA) is 54.8 Å². The van der Waals surface area contributed by atoms with E-state index >= 15 is 0 Å². The molecule has 1 fully saturated rings. The summed E-state index contributed by atoms with van der Waals surface area (Å²) in [5.41, 5.74) is 1.88. The molecule has 0 saturated carbocycles. The van der Waals surface area contributed by atoms with Crippen molar-refractivity contribution >= 4 is 22.5 Å². The predicted octanol–water partition coefficient (Wildman–Crippen LogP) is 2.51. The van der Waals surface area contributed by atoms with Gasteiger partial charge in [0.05, 0.1) is 18.3 Å². The molecule has 1 aliphatic heterocycles. The van der Waals surface area contributed by atoms with Crippen molar-refractivity contribution in [3.8, 4) is 5.75 Å². The summed E-state index contributed by atoms with van der Waals surface area (Å²) in [7, 11) is 3.52. The maximum atomic E-state index is 13.1. The van der Waals surface area contributed by atoms with E-state index in [0.717, 1.165) is 17.0 Å². The minimum atomic E-state index is -0.203. The molecule has 144 valence electrons. The molecule has 0 spiro atoms. The van der Waals surface area contributed by atoms with Crippen LogP contribution in [0.1, 0.15) is 10.4 Å². The van der Waals surface area contributed by atoms with E-state index < -0.39 is 0 Å². The van der Waals surface area contributed by atoms with E-state index in [1.807, 2.05) is 54.1 Å². The van der Waals surface area contributed by atoms with Crippen LogP contribution in [0.15, 0.2) is 59.5 Å². The zero-order valence-corrected chi connectivity index (χ0v) is 16.1. The van der Waals surface area contributed by atoms with Gasteiger partial charge >= 0.3 is 0 Å². The second-order valence-electron chi connectivity index (χ2n) is 6.95. The molecule has 3 aromatic rings. The van der Waals surface area contributed by atoms with Gasteiger partial charge in [0.1, 0.15) is 11.3 Å². The molecule has 1 amide bonds. The monoisotopic (exact) mass is 377 g/mol. The maximum absolute atomic E-state index is 13.1. The molecule has 0 N–H and O–H groups in total. The Morgan fingerprint density at radius 3 is 2.39 bits per heavy atom. The number of hydrogen-bond donors (Lipinski definition) is 0. The van der Waals surface area contributed by atoms with E-state index in [4.69, 9.17) is 4.74 Å². The van der Waals surface area contributed by atoms with Gasteiger partial charge < -0.3 is 19.1 Å². The zero-order valence-electron chi connectivity index (χ0n) is 16.1. The Bertz CT molecular complexity index is 1080. The second-order valence-corrected chi connectivity index (χ2v) is 6.95. The molecule has 0 radical (unpaired) electrons. The predicted molar refractivity (Wildman–Crippen MR) is 110 cm³/mol. The molecule has 0 atom stereocenters. The third kappa shape index (κ3) is 3.11. The van der Waals surface area contributed by atoms with Gasteiger partial charge in [-0.2, -0.15) is 0 Å². The van der Waals surface area contributed by atoms with Crippen molar-refractivity contribution in [2.45, 2.75) is 0 Å². The average molecular weight is 377 g/mol. The number of methoxy groups -OCH3 is 1. The van der Waals surface area contributed by atoms with Crippen LogP contribution in [0.3, 0.4) is 0 Å². The molecule has 6 nitrogen and oxygen atoms in total. The molecule has 0 bridgehead atoms. The number of benzene rings is 2. The third-order valence-corrected chi connectivity index (χ3v) is 5.32. The van der Waals surface area contributed by atoms with Gasteiger partial charge in [0.2, 0.25) is 5.43 Å². The molecule has 2 aromatic carbocycles. The summed E-state index contributed by atoms with van der Waals surface area (Å²) in [6.07, 6.45) is 1.65. The van der Waals surface area contributed by atoms with Crippen molar-refractivity contribution in [1.29, 1.82) is 0 Å². The summed E-state index contributed by atoms with van der Waals surface area (Å²) in [5, 5.41) is 0.573. The van der Waals surface area contributed by atoms with E-state index in [9.17, 15) is 9.59 Å². The molecular formula is C22H23N3O3. The Balaban J connectivity index is 1.56. The number of para-hydroxylation sites is 3. The van der Waals surface area contributed by atoms with E-state index in [1.54, 1.807) is 24.3 Å². The van der Waals surface area contributed by atoms with Gasteiger partial charge in [0.15, 0.2) is 0 Å². The minimum absolute atomic E-state index is 0.203. The highest BCUT2D eigenvalue weighted by Gasteiger charge is 2.26. The fourth-order valence-corrected chi connectivity index (χ4v) is 3.80. The van der Waals surface area contributed by atoms with Crippen LogP contribution in [0, 0.1) is 0 Å². The van der Waals surface area contributed by atoms with Crippen LogP contribution in [-0.4, -0.2) is 48.7 Å². The van der Waals surface area contributed by atoms with Crippen molar-refractivity contribution in [1.82, 2.24) is 9.47 Å². The number of aromatic nitrogens is 1. The van der Waals surface area contributed by atoms with Crippen molar-refractivity contribution < 1.29 is 9.53 Å². The zero-order chi connectivity index (χ0) is 19.7. The molecule has 1 aromatic heterocycles. The summed E-state index contributed by atoms with van der Waals surface area (Å²) >= 11 is 0. The summed E-state index contributed by atoms with van der Waals surface area (Å²) in [4.78, 5) is 29.9. The van der Waals surface area contributed by atoms with Crippen LogP contribution >= 0.6 is 0 Å². The lowest BCUT2D eigenvalue weighted by Crippen LogP contribution is -2.49. The van der Waals surface area contributed by atoms with Gasteiger partial charge in [-0.1, -0.05) is 24.3 Å². The average Bonchev–Trinajstić information content (AvgIpc) is 2.76. The van der Waals surface area contributed by atoms with Gasteiger partial charge in [0.25, 0.3) is 5.91 Å². The number of hydrogen-bond acceptors (Lipinski definition) is 4. The first kappa shape index (κ1) is 18.1. The van der Waals surface area contributed by atoms with Crippen LogP contribution in [0.4, 0.5) is 5.69 Å². The number of ether oxygens (including phenoxy) is 1. The number of rotatable bonds is 3. The largest absolute Gasteiger partial charge is 0.495 e. The molecule has 1 aliphatic rings. The van der Waals surface area contributed by atoms with Gasteiger partial charge in [-0.3, -0.25) is 9.59 Å². The van der Waals surface area contributed by atoms with Gasteiger partial charge in [0, 0.05) is 44.8 Å². The molecule has 0 aliphatic carbocycles. The molecule has 6 heteroatoms. The van der Waals surface area contributed by atoms with Gasteiger partial charge in [-0.05, 0) is 24.3 Å². The molecule has 0 unspecified atom stereocenters. The maximum Gasteiger partial charge on any atom is 0.259 e. The number of anilines is 1. The van der Waals surface area contributed by atoms with Crippen LogP contribution in [0.5, 0.6) is 5.75 Å². The number of nitrogens with zero attached hydrogens (tertiary/aromatic N) is 3. The number of pyridine rings is 1. The fourth-order valence-electron chi connectivity index (χ4n) is 3.80. The third-order valence-electron chi connectivity index (χ3n) is 5.32. The highest BCUT2D eigenvalue weighted by Crippen LogP contribution is 2.28. The first-order valence-electron chi connectivity index (χ1n) is 9.36. The van der Waals surface area contributed by atoms with Crippen LogP contribution < -0.4 is 15.1 Å². The lowest BCUT2D eigenvalue weighted by Gasteiger charge is -2.36. The Morgan fingerprint density at radius 1 is 0.964 bits per heavy atom. The first-order valence-corrected chi connectivity index (χ1v) is 9.36. The Kier molecular flexibility index (Phi) is 4.77. The number of aryl methyl sites for hydroxylation is 1. The number of amides is 1. The first-order chi connectivity index (χ1) is 13.6. The van der Waals surface area contributed by atoms with E-state index in [0.29, 0.717) is 31.6 Å². The molecular weight excluding hydrogens is 354 g/mol.